The summed E-state index contributed by atoms with van der Waals surface area (Å²) in [5.41, 5.74) is 1.27. The van der Waals surface area contributed by atoms with Crippen LogP contribution < -0.4 is 33.6 Å². The Hall–Kier alpha value is -0.290. The Bertz CT molecular complexity index is 220. The van der Waals surface area contributed by atoms with Gasteiger partial charge >= 0.3 is 0 Å². The molecule has 68 valence electrons. The van der Waals surface area contributed by atoms with Gasteiger partial charge < -0.3 is 33.6 Å². The molecule has 0 radical (unpaired) electrons. The molecular formula is C9H14INO. The van der Waals surface area contributed by atoms with Crippen LogP contribution in [0.15, 0.2) is 24.3 Å². The highest BCUT2D eigenvalue weighted by atomic mass is 127. The molecule has 1 rings (SSSR count). The van der Waals surface area contributed by atoms with Crippen LogP contribution in [0.5, 0.6) is 5.75 Å². The Morgan fingerprint density at radius 2 is 1.58 bits per heavy atom. The van der Waals surface area contributed by atoms with E-state index in [9.17, 15) is 0 Å². The lowest BCUT2D eigenvalue weighted by Crippen LogP contribution is -3.00. The number of benzene rings is 1. The smallest absolute Gasteiger partial charge is 0.131 e. The predicted molar refractivity (Wildman–Crippen MR) is 45.5 cm³/mol. The van der Waals surface area contributed by atoms with Crippen LogP contribution in [0.4, 0.5) is 5.69 Å². The maximum Gasteiger partial charge on any atom is 0.131 e. The molecule has 0 aliphatic heterocycles. The normalized spacial score (nSPS) is 9.33. The number of hydrogen-bond acceptors (Lipinski definition) is 1. The zero-order chi connectivity index (χ0) is 8.27. The number of nitrogens with one attached hydrogen (secondary N) is 1. The molecule has 1 N–H and O–H groups in total. The Balaban J connectivity index is 0.00000121. The summed E-state index contributed by atoms with van der Waals surface area (Å²) < 4.78 is 5.04. The molecule has 0 aromatic heterocycles. The molecule has 0 amide bonds. The van der Waals surface area contributed by atoms with Gasteiger partial charge in [0.25, 0.3) is 0 Å². The van der Waals surface area contributed by atoms with E-state index in [-0.39, 0.29) is 24.0 Å². The maximum absolute atomic E-state index is 5.04. The van der Waals surface area contributed by atoms with Gasteiger partial charge in [0.1, 0.15) is 11.4 Å². The van der Waals surface area contributed by atoms with E-state index in [4.69, 9.17) is 4.74 Å². The molecule has 0 fully saturated rings. The first-order valence-electron chi connectivity index (χ1n) is 3.68. The lowest BCUT2D eigenvalue weighted by atomic mass is 10.3. The second-order valence-corrected chi connectivity index (χ2v) is 2.73. The Kier molecular flexibility index (Phi) is 5.24. The van der Waals surface area contributed by atoms with E-state index in [0.29, 0.717) is 0 Å². The minimum atomic E-state index is 0. The van der Waals surface area contributed by atoms with Crippen LogP contribution in [0.25, 0.3) is 0 Å². The van der Waals surface area contributed by atoms with Crippen LogP contribution in [0.3, 0.4) is 0 Å². The first-order chi connectivity index (χ1) is 5.24. The fourth-order valence-corrected chi connectivity index (χ4v) is 0.924. The summed E-state index contributed by atoms with van der Waals surface area (Å²) >= 11 is 0. The SMILES string of the molecule is COc1ccc([NH+](C)C)cc1.[I-]. The molecule has 0 aliphatic carbocycles. The molecule has 0 unspecified atom stereocenters. The minimum absolute atomic E-state index is 0. The summed E-state index contributed by atoms with van der Waals surface area (Å²) in [4.78, 5) is 1.33. The van der Waals surface area contributed by atoms with Crippen molar-refractivity contribution in [3.05, 3.63) is 24.3 Å². The van der Waals surface area contributed by atoms with Crippen molar-refractivity contribution >= 4 is 5.69 Å². The zero-order valence-corrected chi connectivity index (χ0v) is 9.75. The van der Waals surface area contributed by atoms with Crippen LogP contribution in [-0.4, -0.2) is 21.2 Å². The van der Waals surface area contributed by atoms with Crippen LogP contribution >= 0.6 is 0 Å². The summed E-state index contributed by atoms with van der Waals surface area (Å²) in [7, 11) is 5.88. The Morgan fingerprint density at radius 1 is 1.08 bits per heavy atom. The summed E-state index contributed by atoms with van der Waals surface area (Å²) in [6.07, 6.45) is 0. The van der Waals surface area contributed by atoms with E-state index >= 15 is 0 Å². The first kappa shape index (κ1) is 11.7. The molecule has 12 heavy (non-hydrogen) atoms. The number of ether oxygens (including phenoxy) is 1. The largest absolute Gasteiger partial charge is 1.00 e. The van der Waals surface area contributed by atoms with Crippen molar-refractivity contribution in [2.75, 3.05) is 21.2 Å². The van der Waals surface area contributed by atoms with E-state index in [1.54, 1.807) is 7.11 Å². The lowest BCUT2D eigenvalue weighted by molar-refractivity contribution is -0.786. The fraction of sp³-hybridized carbons (Fsp3) is 0.333. The van der Waals surface area contributed by atoms with Gasteiger partial charge in [0.05, 0.1) is 21.2 Å². The highest BCUT2D eigenvalue weighted by Crippen LogP contribution is 2.11. The molecule has 0 saturated carbocycles. The number of halogens is 1. The first-order valence-corrected chi connectivity index (χ1v) is 3.68. The molecule has 3 heteroatoms. The monoisotopic (exact) mass is 279 g/mol. The zero-order valence-electron chi connectivity index (χ0n) is 7.60. The average Bonchev–Trinajstić information content (AvgIpc) is 2.05. The van der Waals surface area contributed by atoms with Crippen molar-refractivity contribution in [1.29, 1.82) is 0 Å². The molecular weight excluding hydrogens is 265 g/mol. The number of methoxy groups -OCH3 is 1. The highest BCUT2D eigenvalue weighted by molar-refractivity contribution is 5.35. The van der Waals surface area contributed by atoms with Gasteiger partial charge in [0.2, 0.25) is 0 Å². The molecule has 1 aromatic rings. The maximum atomic E-state index is 5.04. The number of quaternary nitrogens is 1. The van der Waals surface area contributed by atoms with Crippen LogP contribution in [0.1, 0.15) is 0 Å². The van der Waals surface area contributed by atoms with Gasteiger partial charge in [-0.1, -0.05) is 0 Å². The van der Waals surface area contributed by atoms with Crippen molar-refractivity contribution in [1.82, 2.24) is 0 Å². The average molecular weight is 279 g/mol. The molecule has 0 heterocycles. The quantitative estimate of drug-likeness (QED) is 0.590. The van der Waals surface area contributed by atoms with E-state index in [1.807, 2.05) is 12.1 Å². The second kappa shape index (κ2) is 5.37. The van der Waals surface area contributed by atoms with Crippen molar-refractivity contribution in [2.45, 2.75) is 0 Å². The molecule has 1 aromatic carbocycles. The van der Waals surface area contributed by atoms with Crippen LogP contribution in [0, 0.1) is 0 Å². The van der Waals surface area contributed by atoms with E-state index in [0.717, 1.165) is 5.75 Å². The minimum Gasteiger partial charge on any atom is -1.00 e. The molecule has 0 aliphatic rings. The summed E-state index contributed by atoms with van der Waals surface area (Å²) in [5, 5.41) is 0. The van der Waals surface area contributed by atoms with Gasteiger partial charge in [0, 0.05) is 12.1 Å². The number of hydrogen-bond donors (Lipinski definition) is 1. The topological polar surface area (TPSA) is 13.7 Å². The third-order valence-electron chi connectivity index (χ3n) is 1.67. The highest BCUT2D eigenvalue weighted by Gasteiger charge is 1.98. The molecule has 0 spiro atoms. The third-order valence-corrected chi connectivity index (χ3v) is 1.67. The molecule has 0 saturated heterocycles. The lowest BCUT2D eigenvalue weighted by Gasteiger charge is -2.06. The number of rotatable bonds is 2. The fourth-order valence-electron chi connectivity index (χ4n) is 0.924. The van der Waals surface area contributed by atoms with Gasteiger partial charge in [-0.05, 0) is 12.1 Å². The van der Waals surface area contributed by atoms with Gasteiger partial charge in [-0.3, -0.25) is 0 Å². The summed E-state index contributed by atoms with van der Waals surface area (Å²) in [6, 6.07) is 8.08. The second-order valence-electron chi connectivity index (χ2n) is 2.73. The molecule has 0 bridgehead atoms. The van der Waals surface area contributed by atoms with E-state index < -0.39 is 0 Å². The van der Waals surface area contributed by atoms with Crippen LogP contribution in [0.2, 0.25) is 0 Å². The van der Waals surface area contributed by atoms with Gasteiger partial charge in [-0.15, -0.1) is 0 Å². The summed E-state index contributed by atoms with van der Waals surface area (Å²) in [6.45, 7) is 0. The van der Waals surface area contributed by atoms with Crippen molar-refractivity contribution in [2.24, 2.45) is 0 Å². The van der Waals surface area contributed by atoms with E-state index in [1.165, 1.54) is 10.6 Å². The van der Waals surface area contributed by atoms with Gasteiger partial charge in [-0.25, -0.2) is 0 Å². The third kappa shape index (κ3) is 2.98. The Morgan fingerprint density at radius 3 is 1.92 bits per heavy atom. The van der Waals surface area contributed by atoms with Crippen molar-refractivity contribution in [3.63, 3.8) is 0 Å². The van der Waals surface area contributed by atoms with Gasteiger partial charge in [0.15, 0.2) is 0 Å². The molecule has 0 atom stereocenters. The summed E-state index contributed by atoms with van der Waals surface area (Å²) in [5.74, 6) is 0.912. The predicted octanol–water partition coefficient (Wildman–Crippen LogP) is -2.52. The van der Waals surface area contributed by atoms with Gasteiger partial charge in [-0.2, -0.15) is 0 Å². The standard InChI is InChI=1S/C9H13NO.HI/c1-10(2)8-4-6-9(11-3)7-5-8;/h4-7H,1-3H3;1H. The Labute approximate surface area is 90.5 Å². The van der Waals surface area contributed by atoms with Crippen molar-refractivity contribution in [3.8, 4) is 5.75 Å². The van der Waals surface area contributed by atoms with Crippen LogP contribution in [-0.2, 0) is 0 Å². The van der Waals surface area contributed by atoms with E-state index in [2.05, 4.69) is 26.2 Å². The van der Waals surface area contributed by atoms with Crippen molar-refractivity contribution < 1.29 is 33.6 Å². The molecule has 2 nitrogen and oxygen atoms in total.